The van der Waals surface area contributed by atoms with Crippen molar-refractivity contribution in [1.82, 2.24) is 4.90 Å². The van der Waals surface area contributed by atoms with Crippen LogP contribution in [0, 0.1) is 0 Å². The van der Waals surface area contributed by atoms with E-state index < -0.39 is 9.84 Å². The summed E-state index contributed by atoms with van der Waals surface area (Å²) in [5.74, 6) is 1.45. The van der Waals surface area contributed by atoms with E-state index in [0.29, 0.717) is 5.75 Å². The number of hydrogen-bond acceptors (Lipinski definition) is 4. The molecule has 2 aromatic carbocycles. The van der Waals surface area contributed by atoms with Crippen molar-refractivity contribution in [1.29, 1.82) is 0 Å². The van der Waals surface area contributed by atoms with E-state index in [1.807, 2.05) is 18.2 Å². The van der Waals surface area contributed by atoms with Gasteiger partial charge >= 0.3 is 0 Å². The van der Waals surface area contributed by atoms with Crippen molar-refractivity contribution < 1.29 is 13.2 Å². The predicted molar refractivity (Wildman–Crippen MR) is 102 cm³/mol. The van der Waals surface area contributed by atoms with E-state index in [2.05, 4.69) is 42.2 Å². The molecule has 1 saturated heterocycles. The number of methoxy groups -OCH3 is 1. The van der Waals surface area contributed by atoms with Gasteiger partial charge in [0, 0.05) is 12.6 Å². The fraction of sp³-hybridized carbons (Fsp3) is 0.400. The molecule has 4 nitrogen and oxygen atoms in total. The molecule has 0 radical (unpaired) electrons. The molecule has 0 N–H and O–H groups in total. The van der Waals surface area contributed by atoms with Gasteiger partial charge in [-0.2, -0.15) is 0 Å². The summed E-state index contributed by atoms with van der Waals surface area (Å²) in [4.78, 5) is 2.27. The molecule has 1 aliphatic rings. The van der Waals surface area contributed by atoms with E-state index in [-0.39, 0.29) is 11.8 Å². The highest BCUT2D eigenvalue weighted by molar-refractivity contribution is 7.91. The Kier molecular flexibility index (Phi) is 5.45. The zero-order chi connectivity index (χ0) is 17.9. The highest BCUT2D eigenvalue weighted by Gasteiger charge is 2.31. The molecule has 0 amide bonds. The Morgan fingerprint density at radius 1 is 1.12 bits per heavy atom. The van der Waals surface area contributed by atoms with Gasteiger partial charge < -0.3 is 4.74 Å². The lowest BCUT2D eigenvalue weighted by Crippen LogP contribution is -2.35. The van der Waals surface area contributed by atoms with Crippen molar-refractivity contribution in [3.63, 3.8) is 0 Å². The second-order valence-corrected chi connectivity index (χ2v) is 8.78. The van der Waals surface area contributed by atoms with Crippen LogP contribution < -0.4 is 4.74 Å². The van der Waals surface area contributed by atoms with E-state index in [1.54, 1.807) is 7.11 Å². The lowest BCUT2D eigenvalue weighted by Gasteiger charge is -2.26. The van der Waals surface area contributed by atoms with Crippen LogP contribution in [0.1, 0.15) is 18.9 Å². The number of benzene rings is 2. The molecule has 134 valence electrons. The fourth-order valence-electron chi connectivity index (χ4n) is 3.45. The summed E-state index contributed by atoms with van der Waals surface area (Å²) in [5, 5.41) is 0. The zero-order valence-corrected chi connectivity index (χ0v) is 15.6. The van der Waals surface area contributed by atoms with E-state index in [1.165, 1.54) is 5.56 Å². The summed E-state index contributed by atoms with van der Waals surface area (Å²) >= 11 is 0. The molecule has 1 heterocycles. The van der Waals surface area contributed by atoms with Crippen molar-refractivity contribution in [3.8, 4) is 16.9 Å². The summed E-state index contributed by atoms with van der Waals surface area (Å²) in [6, 6.07) is 16.6. The molecule has 0 bridgehead atoms. The Labute approximate surface area is 150 Å². The normalized spacial score (nSPS) is 19.2. The quantitative estimate of drug-likeness (QED) is 0.793. The fourth-order valence-corrected chi connectivity index (χ4v) is 5.21. The van der Waals surface area contributed by atoms with Gasteiger partial charge in [0.05, 0.1) is 18.6 Å². The van der Waals surface area contributed by atoms with Crippen molar-refractivity contribution in [3.05, 3.63) is 54.1 Å². The number of rotatable bonds is 6. The van der Waals surface area contributed by atoms with Crippen molar-refractivity contribution in [2.75, 3.05) is 25.2 Å². The van der Waals surface area contributed by atoms with Crippen LogP contribution in [0.3, 0.4) is 0 Å². The van der Waals surface area contributed by atoms with Gasteiger partial charge in [0.15, 0.2) is 9.84 Å². The zero-order valence-electron chi connectivity index (χ0n) is 14.8. The predicted octanol–water partition coefficient (Wildman–Crippen LogP) is 3.37. The highest BCUT2D eigenvalue weighted by atomic mass is 32.2. The molecule has 1 atom stereocenters. The first-order valence-electron chi connectivity index (χ1n) is 8.68. The Hall–Kier alpha value is -1.85. The van der Waals surface area contributed by atoms with Crippen LogP contribution in [0.2, 0.25) is 0 Å². The SMILES string of the molecule is CCN(Cc1cccc(-c2cccc(OC)c2)c1)C1CCS(=O)(=O)C1. The van der Waals surface area contributed by atoms with Crippen LogP contribution in [0.15, 0.2) is 48.5 Å². The molecule has 2 aromatic rings. The third kappa shape index (κ3) is 4.41. The van der Waals surface area contributed by atoms with Crippen LogP contribution in [0.5, 0.6) is 5.75 Å². The van der Waals surface area contributed by atoms with Gasteiger partial charge in [-0.1, -0.05) is 37.3 Å². The molecule has 0 aliphatic carbocycles. The third-order valence-corrected chi connectivity index (χ3v) is 6.60. The molecule has 0 saturated carbocycles. The minimum absolute atomic E-state index is 0.135. The first kappa shape index (κ1) is 18.0. The Bertz CT molecular complexity index is 832. The van der Waals surface area contributed by atoms with Gasteiger partial charge in [-0.15, -0.1) is 0 Å². The minimum atomic E-state index is -2.86. The highest BCUT2D eigenvalue weighted by Crippen LogP contribution is 2.26. The Balaban J connectivity index is 1.79. The van der Waals surface area contributed by atoms with Crippen LogP contribution >= 0.6 is 0 Å². The van der Waals surface area contributed by atoms with E-state index in [9.17, 15) is 8.42 Å². The van der Waals surface area contributed by atoms with Gasteiger partial charge in [-0.05, 0) is 47.9 Å². The Morgan fingerprint density at radius 3 is 2.48 bits per heavy atom. The van der Waals surface area contributed by atoms with E-state index in [0.717, 1.165) is 36.4 Å². The minimum Gasteiger partial charge on any atom is -0.497 e. The molecular formula is C20H25NO3S. The lowest BCUT2D eigenvalue weighted by atomic mass is 10.0. The Morgan fingerprint density at radius 2 is 1.84 bits per heavy atom. The summed E-state index contributed by atoms with van der Waals surface area (Å²) in [7, 11) is -1.19. The van der Waals surface area contributed by atoms with Crippen molar-refractivity contribution in [2.24, 2.45) is 0 Å². The third-order valence-electron chi connectivity index (χ3n) is 4.85. The first-order valence-corrected chi connectivity index (χ1v) is 10.5. The molecule has 5 heteroatoms. The molecular weight excluding hydrogens is 334 g/mol. The molecule has 0 aromatic heterocycles. The molecule has 1 aliphatic heterocycles. The molecule has 1 unspecified atom stereocenters. The summed E-state index contributed by atoms with van der Waals surface area (Å²) in [6.45, 7) is 3.72. The topological polar surface area (TPSA) is 46.6 Å². The second-order valence-electron chi connectivity index (χ2n) is 6.55. The first-order chi connectivity index (χ1) is 12.0. The van der Waals surface area contributed by atoms with Crippen molar-refractivity contribution in [2.45, 2.75) is 25.9 Å². The summed E-state index contributed by atoms with van der Waals surface area (Å²) < 4.78 is 28.9. The van der Waals surface area contributed by atoms with E-state index in [4.69, 9.17) is 4.74 Å². The number of sulfone groups is 1. The van der Waals surface area contributed by atoms with Crippen LogP contribution in [-0.2, 0) is 16.4 Å². The summed E-state index contributed by atoms with van der Waals surface area (Å²) in [5.41, 5.74) is 3.46. The molecule has 3 rings (SSSR count). The smallest absolute Gasteiger partial charge is 0.151 e. The second kappa shape index (κ2) is 7.58. The maximum Gasteiger partial charge on any atom is 0.151 e. The van der Waals surface area contributed by atoms with Gasteiger partial charge in [0.1, 0.15) is 5.75 Å². The number of hydrogen-bond donors (Lipinski definition) is 0. The largest absolute Gasteiger partial charge is 0.497 e. The molecule has 1 fully saturated rings. The number of nitrogens with zero attached hydrogens (tertiary/aromatic N) is 1. The van der Waals surface area contributed by atoms with Crippen LogP contribution in [0.4, 0.5) is 0 Å². The van der Waals surface area contributed by atoms with E-state index >= 15 is 0 Å². The monoisotopic (exact) mass is 359 g/mol. The standard InChI is InChI=1S/C20H25NO3S/c1-3-21(19-10-11-25(22,23)15-19)14-16-6-4-7-17(12-16)18-8-5-9-20(13-18)24-2/h4-9,12-13,19H,3,10-11,14-15H2,1-2H3. The average molecular weight is 359 g/mol. The van der Waals surface area contributed by atoms with Gasteiger partial charge in [-0.25, -0.2) is 8.42 Å². The van der Waals surface area contributed by atoms with Gasteiger partial charge in [0.2, 0.25) is 0 Å². The van der Waals surface area contributed by atoms with Gasteiger partial charge in [0.25, 0.3) is 0 Å². The lowest BCUT2D eigenvalue weighted by molar-refractivity contribution is 0.215. The van der Waals surface area contributed by atoms with Gasteiger partial charge in [-0.3, -0.25) is 4.90 Å². The summed E-state index contributed by atoms with van der Waals surface area (Å²) in [6.07, 6.45) is 0.742. The molecule has 25 heavy (non-hydrogen) atoms. The number of ether oxygens (including phenoxy) is 1. The maximum atomic E-state index is 11.8. The molecule has 0 spiro atoms. The van der Waals surface area contributed by atoms with Crippen LogP contribution in [-0.4, -0.2) is 44.5 Å². The van der Waals surface area contributed by atoms with Crippen LogP contribution in [0.25, 0.3) is 11.1 Å². The average Bonchev–Trinajstić information content (AvgIpc) is 2.99. The maximum absolute atomic E-state index is 11.8. The van der Waals surface area contributed by atoms with Crippen molar-refractivity contribution >= 4 is 9.84 Å².